The molecule has 4 rings (SSSR count). The molecule has 0 bridgehead atoms. The van der Waals surface area contributed by atoms with Crippen molar-refractivity contribution in [3.05, 3.63) is 52.3 Å². The first-order chi connectivity index (χ1) is 11.1. The molecule has 2 aliphatic rings. The molecule has 1 N–H and O–H groups in total. The van der Waals surface area contributed by atoms with Crippen molar-refractivity contribution in [2.24, 2.45) is 0 Å². The highest BCUT2D eigenvalue weighted by molar-refractivity contribution is 5.94. The highest BCUT2D eigenvalue weighted by Gasteiger charge is 2.34. The first-order valence-electron chi connectivity index (χ1n) is 7.97. The average molecular weight is 317 g/mol. The van der Waals surface area contributed by atoms with Gasteiger partial charge in [-0.15, -0.1) is 0 Å². The number of halogens is 2. The molecule has 6 heteroatoms. The number of hydrogen-bond donors (Lipinski definition) is 1. The van der Waals surface area contributed by atoms with Gasteiger partial charge in [0.05, 0.1) is 6.04 Å². The first-order valence-corrected chi connectivity index (χ1v) is 7.97. The Labute approximate surface area is 132 Å². The Kier molecular flexibility index (Phi) is 3.39. The Balaban J connectivity index is 1.64. The summed E-state index contributed by atoms with van der Waals surface area (Å²) in [5, 5.41) is 7.15. The number of aromatic nitrogens is 2. The molecule has 1 aromatic heterocycles. The lowest BCUT2D eigenvalue weighted by Gasteiger charge is -2.24. The normalized spacial score (nSPS) is 20.1. The number of hydrogen-bond acceptors (Lipinski definition) is 2. The minimum atomic E-state index is -0.873. The molecule has 2 aromatic rings. The Morgan fingerprint density at radius 1 is 1.22 bits per heavy atom. The van der Waals surface area contributed by atoms with Crippen LogP contribution in [0.25, 0.3) is 0 Å². The van der Waals surface area contributed by atoms with Crippen LogP contribution < -0.4 is 0 Å². The van der Waals surface area contributed by atoms with Crippen LogP contribution in [-0.2, 0) is 12.8 Å². The van der Waals surface area contributed by atoms with Crippen molar-refractivity contribution in [3.63, 3.8) is 0 Å². The Morgan fingerprint density at radius 3 is 2.91 bits per heavy atom. The lowest BCUT2D eigenvalue weighted by Crippen LogP contribution is -2.31. The van der Waals surface area contributed by atoms with Gasteiger partial charge >= 0.3 is 0 Å². The number of amides is 1. The fourth-order valence-corrected chi connectivity index (χ4v) is 3.71. The third kappa shape index (κ3) is 2.33. The van der Waals surface area contributed by atoms with E-state index in [1.807, 2.05) is 0 Å². The number of likely N-dealkylation sites (tertiary alicyclic amines) is 1. The summed E-state index contributed by atoms with van der Waals surface area (Å²) in [5.74, 6) is -1.85. The third-order valence-electron chi connectivity index (χ3n) is 4.85. The highest BCUT2D eigenvalue weighted by atomic mass is 19.2. The van der Waals surface area contributed by atoms with Crippen molar-refractivity contribution in [3.8, 4) is 0 Å². The largest absolute Gasteiger partial charge is 0.330 e. The molecule has 0 saturated carbocycles. The Hall–Kier alpha value is -2.24. The van der Waals surface area contributed by atoms with Crippen LogP contribution in [0.3, 0.4) is 0 Å². The predicted molar refractivity (Wildman–Crippen MR) is 80.0 cm³/mol. The number of H-pyrrole nitrogens is 1. The van der Waals surface area contributed by atoms with Crippen molar-refractivity contribution in [1.29, 1.82) is 0 Å². The van der Waals surface area contributed by atoms with Gasteiger partial charge in [-0.2, -0.15) is 5.10 Å². The summed E-state index contributed by atoms with van der Waals surface area (Å²) >= 11 is 0. The molecule has 4 nitrogen and oxygen atoms in total. The van der Waals surface area contributed by atoms with Crippen LogP contribution in [0.1, 0.15) is 52.6 Å². The molecule has 2 heterocycles. The van der Waals surface area contributed by atoms with E-state index < -0.39 is 11.6 Å². The second kappa shape index (κ2) is 5.44. The van der Waals surface area contributed by atoms with Crippen LogP contribution in [0.2, 0.25) is 0 Å². The molecule has 0 spiro atoms. The summed E-state index contributed by atoms with van der Waals surface area (Å²) in [6.07, 6.45) is 4.45. The number of carbonyl (C=O) groups excluding carboxylic acids is 1. The zero-order valence-electron chi connectivity index (χ0n) is 12.6. The van der Waals surface area contributed by atoms with Gasteiger partial charge in [0.25, 0.3) is 5.91 Å². The second-order valence-corrected chi connectivity index (χ2v) is 6.21. The first kappa shape index (κ1) is 14.4. The summed E-state index contributed by atoms with van der Waals surface area (Å²) in [5.41, 5.74) is 3.21. The third-order valence-corrected chi connectivity index (χ3v) is 4.85. The number of benzene rings is 1. The van der Waals surface area contributed by atoms with Gasteiger partial charge in [-0.3, -0.25) is 9.89 Å². The topological polar surface area (TPSA) is 49.0 Å². The van der Waals surface area contributed by atoms with Crippen molar-refractivity contribution < 1.29 is 13.6 Å². The van der Waals surface area contributed by atoms with E-state index >= 15 is 0 Å². The van der Waals surface area contributed by atoms with Crippen LogP contribution in [-0.4, -0.2) is 27.5 Å². The number of nitrogens with zero attached hydrogens (tertiary/aromatic N) is 2. The minimum Gasteiger partial charge on any atom is -0.330 e. The number of rotatable bonds is 2. The van der Waals surface area contributed by atoms with Gasteiger partial charge in [-0.1, -0.05) is 6.07 Å². The highest BCUT2D eigenvalue weighted by Crippen LogP contribution is 2.35. The SMILES string of the molecule is O=C(c1n[nH]c2c1CCC2)N1CCCC1c1ccc(F)c(F)c1. The number of carbonyl (C=O) groups is 1. The lowest BCUT2D eigenvalue weighted by molar-refractivity contribution is 0.0728. The number of nitrogens with one attached hydrogen (secondary N) is 1. The number of fused-ring (bicyclic) bond motifs is 1. The monoisotopic (exact) mass is 317 g/mol. The molecule has 1 aromatic carbocycles. The zero-order chi connectivity index (χ0) is 16.0. The van der Waals surface area contributed by atoms with E-state index in [1.54, 1.807) is 11.0 Å². The van der Waals surface area contributed by atoms with E-state index in [9.17, 15) is 13.6 Å². The van der Waals surface area contributed by atoms with Gasteiger partial charge in [0.2, 0.25) is 0 Å². The van der Waals surface area contributed by atoms with Gasteiger partial charge in [-0.25, -0.2) is 8.78 Å². The summed E-state index contributed by atoms with van der Waals surface area (Å²) in [6.45, 7) is 0.615. The molecule has 23 heavy (non-hydrogen) atoms. The molecule has 1 unspecified atom stereocenters. The quantitative estimate of drug-likeness (QED) is 0.925. The van der Waals surface area contributed by atoms with E-state index in [-0.39, 0.29) is 11.9 Å². The summed E-state index contributed by atoms with van der Waals surface area (Å²) in [7, 11) is 0. The fraction of sp³-hybridized carbons (Fsp3) is 0.412. The molecular weight excluding hydrogens is 300 g/mol. The maximum absolute atomic E-state index is 13.5. The van der Waals surface area contributed by atoms with Crippen molar-refractivity contribution in [2.75, 3.05) is 6.54 Å². The standard InChI is InChI=1S/C17H17F2N3O/c18-12-7-6-10(9-13(12)19)15-5-2-8-22(15)17(23)16-11-3-1-4-14(11)20-21-16/h6-7,9,15H,1-5,8H2,(H,20,21). The van der Waals surface area contributed by atoms with E-state index in [0.717, 1.165) is 49.4 Å². The Morgan fingerprint density at radius 2 is 2.09 bits per heavy atom. The van der Waals surface area contributed by atoms with E-state index in [2.05, 4.69) is 10.2 Å². The number of aromatic amines is 1. The predicted octanol–water partition coefficient (Wildman–Crippen LogP) is 3.15. The molecule has 120 valence electrons. The molecular formula is C17H17F2N3O. The number of aryl methyl sites for hydroxylation is 1. The van der Waals surface area contributed by atoms with Gasteiger partial charge in [0.1, 0.15) is 0 Å². The molecule has 1 amide bonds. The maximum Gasteiger partial charge on any atom is 0.275 e. The summed E-state index contributed by atoms with van der Waals surface area (Å²) in [4.78, 5) is 14.6. The smallest absolute Gasteiger partial charge is 0.275 e. The van der Waals surface area contributed by atoms with Crippen LogP contribution in [0.5, 0.6) is 0 Å². The van der Waals surface area contributed by atoms with Crippen LogP contribution in [0, 0.1) is 11.6 Å². The minimum absolute atomic E-state index is 0.114. The molecule has 1 saturated heterocycles. The zero-order valence-corrected chi connectivity index (χ0v) is 12.6. The van der Waals surface area contributed by atoms with Gasteiger partial charge < -0.3 is 4.90 Å². The van der Waals surface area contributed by atoms with Gasteiger partial charge in [0, 0.05) is 17.8 Å². The lowest BCUT2D eigenvalue weighted by atomic mass is 10.0. The molecule has 1 fully saturated rings. The molecule has 1 atom stereocenters. The van der Waals surface area contributed by atoms with Crippen LogP contribution in [0.15, 0.2) is 18.2 Å². The maximum atomic E-state index is 13.5. The Bertz CT molecular complexity index is 771. The fourth-order valence-electron chi connectivity index (χ4n) is 3.71. The van der Waals surface area contributed by atoms with E-state index in [1.165, 1.54) is 6.07 Å². The summed E-state index contributed by atoms with van der Waals surface area (Å²) in [6, 6.07) is 3.66. The van der Waals surface area contributed by atoms with Gasteiger partial charge in [0.15, 0.2) is 17.3 Å². The molecule has 0 radical (unpaired) electrons. The van der Waals surface area contributed by atoms with Gasteiger partial charge in [-0.05, 0) is 49.8 Å². The van der Waals surface area contributed by atoms with E-state index in [0.29, 0.717) is 17.8 Å². The molecule has 1 aliphatic carbocycles. The van der Waals surface area contributed by atoms with Crippen LogP contribution in [0.4, 0.5) is 8.78 Å². The molecule has 1 aliphatic heterocycles. The summed E-state index contributed by atoms with van der Waals surface area (Å²) < 4.78 is 26.7. The van der Waals surface area contributed by atoms with Crippen LogP contribution >= 0.6 is 0 Å². The average Bonchev–Trinajstić information content (AvgIpc) is 3.25. The van der Waals surface area contributed by atoms with E-state index in [4.69, 9.17) is 0 Å². The van der Waals surface area contributed by atoms with Crippen molar-refractivity contribution in [2.45, 2.75) is 38.1 Å². The van der Waals surface area contributed by atoms with Crippen molar-refractivity contribution >= 4 is 5.91 Å². The second-order valence-electron chi connectivity index (χ2n) is 6.21. The van der Waals surface area contributed by atoms with Crippen molar-refractivity contribution in [1.82, 2.24) is 15.1 Å².